The van der Waals surface area contributed by atoms with Crippen molar-refractivity contribution in [3.63, 3.8) is 0 Å². The quantitative estimate of drug-likeness (QED) is 0.733. The second-order valence-corrected chi connectivity index (χ2v) is 7.80. The molecule has 3 N–H and O–H groups in total. The summed E-state index contributed by atoms with van der Waals surface area (Å²) in [4.78, 5) is 12.1. The summed E-state index contributed by atoms with van der Waals surface area (Å²) in [6.45, 7) is 7.84. The van der Waals surface area contributed by atoms with E-state index in [1.165, 1.54) is 32.1 Å². The lowest BCUT2D eigenvalue weighted by Crippen LogP contribution is -2.50. The second-order valence-electron chi connectivity index (χ2n) is 7.80. The Bertz CT molecular complexity index is 320. The van der Waals surface area contributed by atoms with E-state index in [1.54, 1.807) is 0 Å². The number of carbonyl (C=O) groups is 1. The monoisotopic (exact) mass is 312 g/mol. The molecule has 0 aromatic heterocycles. The molecular formula is C18H36N2O2. The number of hydrogen-bond donors (Lipinski definition) is 2. The van der Waals surface area contributed by atoms with E-state index >= 15 is 0 Å². The van der Waals surface area contributed by atoms with Gasteiger partial charge in [-0.25, -0.2) is 4.79 Å². The van der Waals surface area contributed by atoms with Gasteiger partial charge in [-0.05, 0) is 39.5 Å². The number of alkyl carbamates (subject to hydrolysis) is 1. The third-order valence-corrected chi connectivity index (χ3v) is 4.42. The summed E-state index contributed by atoms with van der Waals surface area (Å²) in [5.74, 6) is 0.696. The van der Waals surface area contributed by atoms with Gasteiger partial charge in [0, 0.05) is 12.1 Å². The van der Waals surface area contributed by atoms with Crippen molar-refractivity contribution in [3.05, 3.63) is 0 Å². The highest BCUT2D eigenvalue weighted by Gasteiger charge is 2.26. The van der Waals surface area contributed by atoms with Crippen LogP contribution in [0.5, 0.6) is 0 Å². The zero-order valence-corrected chi connectivity index (χ0v) is 15.0. The lowest BCUT2D eigenvalue weighted by atomic mass is 9.83. The average molecular weight is 312 g/mol. The Morgan fingerprint density at radius 1 is 1.27 bits per heavy atom. The molecule has 0 aromatic carbocycles. The van der Waals surface area contributed by atoms with E-state index in [9.17, 15) is 4.79 Å². The smallest absolute Gasteiger partial charge is 0.407 e. The fourth-order valence-electron chi connectivity index (χ4n) is 3.22. The molecule has 4 heteroatoms. The van der Waals surface area contributed by atoms with Crippen molar-refractivity contribution in [3.8, 4) is 0 Å². The number of unbranched alkanes of at least 4 members (excludes halogenated alkanes) is 1. The van der Waals surface area contributed by atoms with Crippen LogP contribution in [0.25, 0.3) is 0 Å². The normalized spacial score (nSPS) is 19.5. The van der Waals surface area contributed by atoms with Crippen molar-refractivity contribution < 1.29 is 9.53 Å². The van der Waals surface area contributed by atoms with Crippen LogP contribution in [0, 0.1) is 5.92 Å². The van der Waals surface area contributed by atoms with Gasteiger partial charge in [0.05, 0.1) is 0 Å². The molecular weight excluding hydrogens is 276 g/mol. The molecule has 1 unspecified atom stereocenters. The molecule has 1 saturated carbocycles. The maximum atomic E-state index is 12.1. The number of amides is 1. The molecule has 4 nitrogen and oxygen atoms in total. The van der Waals surface area contributed by atoms with Gasteiger partial charge in [-0.2, -0.15) is 0 Å². The summed E-state index contributed by atoms with van der Waals surface area (Å²) < 4.78 is 5.41. The first kappa shape index (κ1) is 19.3. The molecule has 1 fully saturated rings. The number of nitrogens with one attached hydrogen (secondary N) is 1. The minimum atomic E-state index is -0.465. The van der Waals surface area contributed by atoms with Crippen LogP contribution in [-0.4, -0.2) is 23.8 Å². The van der Waals surface area contributed by atoms with E-state index in [4.69, 9.17) is 10.5 Å². The van der Waals surface area contributed by atoms with Gasteiger partial charge in [0.2, 0.25) is 0 Å². The molecule has 1 amide bonds. The van der Waals surface area contributed by atoms with Gasteiger partial charge in [-0.1, -0.05) is 51.9 Å². The molecule has 0 aliphatic heterocycles. The zero-order chi connectivity index (χ0) is 16.6. The molecule has 2 atom stereocenters. The van der Waals surface area contributed by atoms with Crippen molar-refractivity contribution in [2.24, 2.45) is 11.7 Å². The van der Waals surface area contributed by atoms with Gasteiger partial charge in [-0.3, -0.25) is 0 Å². The van der Waals surface area contributed by atoms with Crippen LogP contribution < -0.4 is 11.1 Å². The van der Waals surface area contributed by atoms with Crippen molar-refractivity contribution >= 4 is 6.09 Å². The van der Waals surface area contributed by atoms with Crippen LogP contribution in [0.2, 0.25) is 0 Å². The Kier molecular flexibility index (Phi) is 8.23. The van der Waals surface area contributed by atoms with E-state index in [1.807, 2.05) is 20.8 Å². The minimum absolute atomic E-state index is 0.0226. The molecule has 0 aromatic rings. The molecule has 1 aliphatic rings. The molecule has 1 aliphatic carbocycles. The Hall–Kier alpha value is -0.770. The Morgan fingerprint density at radius 3 is 2.45 bits per heavy atom. The fourth-order valence-corrected chi connectivity index (χ4v) is 3.22. The van der Waals surface area contributed by atoms with Gasteiger partial charge in [-0.15, -0.1) is 0 Å². The van der Waals surface area contributed by atoms with Crippen molar-refractivity contribution in [2.45, 2.75) is 103 Å². The van der Waals surface area contributed by atoms with Crippen molar-refractivity contribution in [1.82, 2.24) is 5.32 Å². The largest absolute Gasteiger partial charge is 0.444 e. The minimum Gasteiger partial charge on any atom is -0.444 e. The third-order valence-electron chi connectivity index (χ3n) is 4.42. The number of hydrogen-bond acceptors (Lipinski definition) is 3. The zero-order valence-electron chi connectivity index (χ0n) is 15.0. The molecule has 0 heterocycles. The maximum Gasteiger partial charge on any atom is 0.407 e. The van der Waals surface area contributed by atoms with Crippen molar-refractivity contribution in [1.29, 1.82) is 0 Å². The number of rotatable bonds is 7. The Morgan fingerprint density at radius 2 is 1.91 bits per heavy atom. The molecule has 0 bridgehead atoms. The summed E-state index contributed by atoms with van der Waals surface area (Å²) in [6, 6.07) is 0.0545. The highest BCUT2D eigenvalue weighted by atomic mass is 16.6. The van der Waals surface area contributed by atoms with Gasteiger partial charge >= 0.3 is 6.09 Å². The van der Waals surface area contributed by atoms with E-state index in [-0.39, 0.29) is 18.2 Å². The van der Waals surface area contributed by atoms with Gasteiger partial charge in [0.25, 0.3) is 0 Å². The summed E-state index contributed by atoms with van der Waals surface area (Å²) in [5.41, 5.74) is 5.90. The first-order valence-electron chi connectivity index (χ1n) is 9.07. The summed E-state index contributed by atoms with van der Waals surface area (Å²) in [6.07, 6.45) is 10.4. The summed E-state index contributed by atoms with van der Waals surface area (Å²) >= 11 is 0. The van der Waals surface area contributed by atoms with Crippen LogP contribution in [0.4, 0.5) is 4.79 Å². The van der Waals surface area contributed by atoms with Gasteiger partial charge in [0.1, 0.15) is 5.60 Å². The molecule has 22 heavy (non-hydrogen) atoms. The van der Waals surface area contributed by atoms with E-state index < -0.39 is 5.60 Å². The Labute approximate surface area is 136 Å². The predicted octanol–water partition coefficient (Wildman–Crippen LogP) is 4.37. The highest BCUT2D eigenvalue weighted by Crippen LogP contribution is 2.28. The average Bonchev–Trinajstić information content (AvgIpc) is 2.43. The van der Waals surface area contributed by atoms with Gasteiger partial charge < -0.3 is 15.8 Å². The molecule has 0 radical (unpaired) electrons. The number of carbonyl (C=O) groups excluding carboxylic acids is 1. The summed E-state index contributed by atoms with van der Waals surface area (Å²) in [7, 11) is 0. The van der Waals surface area contributed by atoms with Crippen LogP contribution in [0.1, 0.15) is 85.5 Å². The van der Waals surface area contributed by atoms with E-state index in [2.05, 4.69) is 12.2 Å². The lowest BCUT2D eigenvalue weighted by molar-refractivity contribution is 0.0484. The first-order chi connectivity index (χ1) is 10.3. The van der Waals surface area contributed by atoms with E-state index in [0.29, 0.717) is 5.92 Å². The molecule has 0 saturated heterocycles. The topological polar surface area (TPSA) is 64.3 Å². The Balaban J connectivity index is 2.57. The van der Waals surface area contributed by atoms with Crippen LogP contribution in [0.3, 0.4) is 0 Å². The second kappa shape index (κ2) is 9.39. The van der Waals surface area contributed by atoms with Crippen LogP contribution in [-0.2, 0) is 4.74 Å². The number of ether oxygens (including phenoxy) is 1. The lowest BCUT2D eigenvalue weighted by Gasteiger charge is -2.31. The maximum absolute atomic E-state index is 12.1. The predicted molar refractivity (Wildman–Crippen MR) is 91.9 cm³/mol. The summed E-state index contributed by atoms with van der Waals surface area (Å²) in [5, 5.41) is 3.04. The van der Waals surface area contributed by atoms with Gasteiger partial charge in [0.15, 0.2) is 0 Å². The van der Waals surface area contributed by atoms with Crippen molar-refractivity contribution in [2.75, 3.05) is 0 Å². The SMILES string of the molecule is CCCCC(N)[C@H](CC1CCCCC1)NC(=O)OC(C)(C)C. The third kappa shape index (κ3) is 8.02. The first-order valence-corrected chi connectivity index (χ1v) is 9.07. The molecule has 1 rings (SSSR count). The number of nitrogens with two attached hydrogens (primary N) is 1. The fraction of sp³-hybridized carbons (Fsp3) is 0.944. The standard InChI is InChI=1S/C18H36N2O2/c1-5-6-12-15(19)16(13-14-10-8-7-9-11-14)20-17(21)22-18(2,3)4/h14-16H,5-13,19H2,1-4H3,(H,20,21)/t15?,16-/m0/s1. The van der Waals surface area contributed by atoms with E-state index in [0.717, 1.165) is 25.7 Å². The highest BCUT2D eigenvalue weighted by molar-refractivity contribution is 5.68. The van der Waals surface area contributed by atoms with Crippen LogP contribution >= 0.6 is 0 Å². The molecule has 130 valence electrons. The van der Waals surface area contributed by atoms with Crippen LogP contribution in [0.15, 0.2) is 0 Å². The molecule has 0 spiro atoms.